The molecule has 0 aliphatic rings. The molecule has 0 aliphatic heterocycles. The SMILES string of the molecule is C=CCn1cc(/C=N\Nc2ncccc2[N+](=O)[O-])c2ccccc21. The maximum Gasteiger partial charge on any atom is 0.313 e. The molecule has 0 radical (unpaired) electrons. The number of allylic oxidation sites excluding steroid dienone is 1. The summed E-state index contributed by atoms with van der Waals surface area (Å²) in [5, 5.41) is 16.1. The Labute approximate surface area is 138 Å². The highest BCUT2D eigenvalue weighted by molar-refractivity contribution is 5.99. The summed E-state index contributed by atoms with van der Waals surface area (Å²) in [7, 11) is 0. The second kappa shape index (κ2) is 6.74. The number of fused-ring (bicyclic) bond motifs is 1. The molecular weight excluding hydrogens is 306 g/mol. The first kappa shape index (κ1) is 15.4. The first-order valence-electron chi connectivity index (χ1n) is 7.28. The molecule has 7 nitrogen and oxygen atoms in total. The number of hydrazone groups is 1. The summed E-state index contributed by atoms with van der Waals surface area (Å²) >= 11 is 0. The van der Waals surface area contributed by atoms with Gasteiger partial charge in [0.1, 0.15) is 0 Å². The van der Waals surface area contributed by atoms with E-state index < -0.39 is 4.92 Å². The van der Waals surface area contributed by atoms with Crippen LogP contribution in [-0.2, 0) is 6.54 Å². The Kier molecular flexibility index (Phi) is 4.33. The van der Waals surface area contributed by atoms with Gasteiger partial charge in [-0.1, -0.05) is 24.3 Å². The van der Waals surface area contributed by atoms with Gasteiger partial charge in [0.05, 0.1) is 11.1 Å². The number of nitro groups is 1. The lowest BCUT2D eigenvalue weighted by atomic mass is 10.2. The maximum atomic E-state index is 11.0. The fraction of sp³-hybridized carbons (Fsp3) is 0.0588. The van der Waals surface area contributed by atoms with Gasteiger partial charge in [-0.25, -0.2) is 4.98 Å². The van der Waals surface area contributed by atoms with Crippen molar-refractivity contribution in [2.75, 3.05) is 5.43 Å². The minimum absolute atomic E-state index is 0.105. The van der Waals surface area contributed by atoms with Gasteiger partial charge >= 0.3 is 5.69 Å². The van der Waals surface area contributed by atoms with Crippen molar-refractivity contribution < 1.29 is 4.92 Å². The third kappa shape index (κ3) is 3.00. The molecule has 7 heteroatoms. The lowest BCUT2D eigenvalue weighted by Crippen LogP contribution is -1.98. The monoisotopic (exact) mass is 321 g/mol. The van der Waals surface area contributed by atoms with Gasteiger partial charge in [0, 0.05) is 41.5 Å². The molecule has 0 atom stereocenters. The number of rotatable bonds is 6. The molecule has 0 aliphatic carbocycles. The highest BCUT2D eigenvalue weighted by atomic mass is 16.6. The van der Waals surface area contributed by atoms with Gasteiger partial charge in [-0.05, 0) is 12.1 Å². The molecule has 0 amide bonds. The molecule has 24 heavy (non-hydrogen) atoms. The molecule has 0 spiro atoms. The molecule has 120 valence electrons. The van der Waals surface area contributed by atoms with Crippen LogP contribution in [0.15, 0.2) is 66.5 Å². The van der Waals surface area contributed by atoms with Crippen LogP contribution in [0.5, 0.6) is 0 Å². The van der Waals surface area contributed by atoms with Crippen LogP contribution in [0.25, 0.3) is 10.9 Å². The van der Waals surface area contributed by atoms with Crippen molar-refractivity contribution in [3.05, 3.63) is 77.1 Å². The number of aromatic nitrogens is 2. The molecule has 2 aromatic heterocycles. The van der Waals surface area contributed by atoms with Crippen molar-refractivity contribution in [1.29, 1.82) is 0 Å². The number of hydrogen-bond donors (Lipinski definition) is 1. The zero-order valence-corrected chi connectivity index (χ0v) is 12.8. The number of nitrogens with one attached hydrogen (secondary N) is 1. The Morgan fingerprint density at radius 2 is 2.17 bits per heavy atom. The van der Waals surface area contributed by atoms with Crippen molar-refractivity contribution in [2.24, 2.45) is 5.10 Å². The molecular formula is C17H15N5O2. The van der Waals surface area contributed by atoms with E-state index in [2.05, 4.69) is 26.7 Å². The smallest absolute Gasteiger partial charge is 0.313 e. The van der Waals surface area contributed by atoms with Gasteiger partial charge in [0.2, 0.25) is 5.82 Å². The maximum absolute atomic E-state index is 11.0. The van der Waals surface area contributed by atoms with Crippen LogP contribution in [0.3, 0.4) is 0 Å². The minimum Gasteiger partial charge on any atom is -0.343 e. The number of hydrogen-bond acceptors (Lipinski definition) is 5. The number of para-hydroxylation sites is 1. The summed E-state index contributed by atoms with van der Waals surface area (Å²) in [6.07, 6.45) is 6.88. The van der Waals surface area contributed by atoms with Crippen molar-refractivity contribution in [2.45, 2.75) is 6.54 Å². The van der Waals surface area contributed by atoms with E-state index in [0.717, 1.165) is 16.5 Å². The van der Waals surface area contributed by atoms with E-state index in [1.165, 1.54) is 18.3 Å². The summed E-state index contributed by atoms with van der Waals surface area (Å²) in [6, 6.07) is 10.8. The predicted molar refractivity (Wildman–Crippen MR) is 94.2 cm³/mol. The molecule has 1 N–H and O–H groups in total. The molecule has 2 heterocycles. The molecule has 0 saturated carbocycles. The zero-order valence-electron chi connectivity index (χ0n) is 12.8. The summed E-state index contributed by atoms with van der Waals surface area (Å²) in [5.74, 6) is 0.105. The number of benzene rings is 1. The van der Waals surface area contributed by atoms with Crippen molar-refractivity contribution >= 4 is 28.6 Å². The molecule has 0 fully saturated rings. The van der Waals surface area contributed by atoms with E-state index >= 15 is 0 Å². The molecule has 1 aromatic carbocycles. The molecule has 0 unspecified atom stereocenters. The first-order chi connectivity index (χ1) is 11.7. The van der Waals surface area contributed by atoms with Crippen LogP contribution >= 0.6 is 0 Å². The third-order valence-electron chi connectivity index (χ3n) is 3.50. The zero-order chi connectivity index (χ0) is 16.9. The second-order valence-corrected chi connectivity index (χ2v) is 5.04. The summed E-state index contributed by atoms with van der Waals surface area (Å²) in [4.78, 5) is 14.4. The average molecular weight is 321 g/mol. The van der Waals surface area contributed by atoms with E-state index in [1.54, 1.807) is 6.21 Å². The number of pyridine rings is 1. The van der Waals surface area contributed by atoms with E-state index in [1.807, 2.05) is 36.5 Å². The van der Waals surface area contributed by atoms with E-state index in [9.17, 15) is 10.1 Å². The number of anilines is 1. The van der Waals surface area contributed by atoms with E-state index in [4.69, 9.17) is 0 Å². The van der Waals surface area contributed by atoms with Crippen LogP contribution in [0.1, 0.15) is 5.56 Å². The van der Waals surface area contributed by atoms with E-state index in [0.29, 0.717) is 6.54 Å². The summed E-state index contributed by atoms with van der Waals surface area (Å²) in [5.41, 5.74) is 4.49. The normalized spacial score (nSPS) is 11.0. The van der Waals surface area contributed by atoms with Crippen LogP contribution in [0.2, 0.25) is 0 Å². The van der Waals surface area contributed by atoms with Gasteiger partial charge in [-0.2, -0.15) is 5.10 Å². The Morgan fingerprint density at radius 1 is 1.33 bits per heavy atom. The van der Waals surface area contributed by atoms with Crippen LogP contribution in [0, 0.1) is 10.1 Å². The van der Waals surface area contributed by atoms with Gasteiger partial charge in [-0.3, -0.25) is 15.5 Å². The van der Waals surface area contributed by atoms with Crippen molar-refractivity contribution in [3.8, 4) is 0 Å². The minimum atomic E-state index is -0.499. The Morgan fingerprint density at radius 3 is 2.96 bits per heavy atom. The first-order valence-corrected chi connectivity index (χ1v) is 7.28. The molecule has 3 aromatic rings. The largest absolute Gasteiger partial charge is 0.343 e. The predicted octanol–water partition coefficient (Wildman–Crippen LogP) is 3.58. The molecule has 3 rings (SSSR count). The summed E-state index contributed by atoms with van der Waals surface area (Å²) < 4.78 is 2.06. The molecule has 0 saturated heterocycles. The highest BCUT2D eigenvalue weighted by Crippen LogP contribution is 2.22. The topological polar surface area (TPSA) is 85.3 Å². The Hall–Kier alpha value is -3.48. The average Bonchev–Trinajstić information content (AvgIpc) is 2.94. The van der Waals surface area contributed by atoms with Gasteiger partial charge in [0.15, 0.2) is 0 Å². The van der Waals surface area contributed by atoms with Crippen molar-refractivity contribution in [1.82, 2.24) is 9.55 Å². The second-order valence-electron chi connectivity index (χ2n) is 5.04. The molecule has 0 bridgehead atoms. The van der Waals surface area contributed by atoms with Crippen LogP contribution in [0.4, 0.5) is 11.5 Å². The number of nitrogens with zero attached hydrogens (tertiary/aromatic N) is 4. The third-order valence-corrected chi connectivity index (χ3v) is 3.50. The fourth-order valence-electron chi connectivity index (χ4n) is 2.46. The van der Waals surface area contributed by atoms with Gasteiger partial charge < -0.3 is 4.57 Å². The highest BCUT2D eigenvalue weighted by Gasteiger charge is 2.13. The Bertz CT molecular complexity index is 930. The standard InChI is InChI=1S/C17H15N5O2/c1-2-10-21-12-13(14-6-3-4-7-15(14)21)11-19-20-17-16(22(23)24)8-5-9-18-17/h2-9,11-12H,1,10H2,(H,18,20)/b19-11-. The van der Waals surface area contributed by atoms with Crippen LogP contribution in [-0.4, -0.2) is 20.7 Å². The Balaban J connectivity index is 1.89. The van der Waals surface area contributed by atoms with Gasteiger partial charge in [0.25, 0.3) is 0 Å². The lowest BCUT2D eigenvalue weighted by molar-refractivity contribution is -0.384. The van der Waals surface area contributed by atoms with Gasteiger partial charge in [-0.15, -0.1) is 6.58 Å². The quantitative estimate of drug-likeness (QED) is 0.325. The van der Waals surface area contributed by atoms with Crippen molar-refractivity contribution in [3.63, 3.8) is 0 Å². The van der Waals surface area contributed by atoms with Crippen LogP contribution < -0.4 is 5.43 Å². The summed E-state index contributed by atoms with van der Waals surface area (Å²) in [6.45, 7) is 4.45. The fourth-order valence-corrected chi connectivity index (χ4v) is 2.46. The van der Waals surface area contributed by atoms with E-state index in [-0.39, 0.29) is 11.5 Å². The lowest BCUT2D eigenvalue weighted by Gasteiger charge is -1.99.